The number of ether oxygens (including phenoxy) is 1. The summed E-state index contributed by atoms with van der Waals surface area (Å²) in [7, 11) is 0. The van der Waals surface area contributed by atoms with Crippen molar-refractivity contribution >= 4 is 11.6 Å². The van der Waals surface area contributed by atoms with Gasteiger partial charge in [0.25, 0.3) is 0 Å². The minimum absolute atomic E-state index is 0.246. The molecule has 0 bridgehead atoms. The lowest BCUT2D eigenvalue weighted by molar-refractivity contribution is 0.129. The number of aliphatic imine (C=N–C) groups is 1. The number of hydrogen-bond donors (Lipinski definition) is 2. The van der Waals surface area contributed by atoms with Crippen LogP contribution in [-0.4, -0.2) is 39.2 Å². The van der Waals surface area contributed by atoms with Crippen molar-refractivity contribution in [2.75, 3.05) is 13.1 Å². The molecule has 0 saturated carbocycles. The van der Waals surface area contributed by atoms with Crippen LogP contribution in [0.2, 0.25) is 0 Å². The Bertz CT molecular complexity index is 957. The normalized spacial score (nSPS) is 12.2. The quantitative estimate of drug-likeness (QED) is 0.475. The molecular formula is C22H30N6O. The molecule has 0 saturated heterocycles. The fourth-order valence-corrected chi connectivity index (χ4v) is 2.92. The Morgan fingerprint density at radius 3 is 2.66 bits per heavy atom. The molecule has 2 N–H and O–H groups in total. The average molecular weight is 395 g/mol. The van der Waals surface area contributed by atoms with Crippen LogP contribution in [0.15, 0.2) is 53.7 Å². The zero-order valence-electron chi connectivity index (χ0n) is 17.6. The predicted octanol–water partition coefficient (Wildman–Crippen LogP) is 3.20. The SMILES string of the molecule is CCNC(=NCc1ccccc1OC(C)(C)C)NCCc1nnc2ccccn12. The van der Waals surface area contributed by atoms with Gasteiger partial charge >= 0.3 is 0 Å². The summed E-state index contributed by atoms with van der Waals surface area (Å²) in [6, 6.07) is 13.9. The minimum Gasteiger partial charge on any atom is -0.488 e. The molecule has 29 heavy (non-hydrogen) atoms. The number of nitrogens with one attached hydrogen (secondary N) is 2. The highest BCUT2D eigenvalue weighted by atomic mass is 16.5. The third kappa shape index (κ3) is 5.94. The maximum Gasteiger partial charge on any atom is 0.191 e. The molecule has 0 aliphatic rings. The first-order valence-corrected chi connectivity index (χ1v) is 10.0. The summed E-state index contributed by atoms with van der Waals surface area (Å²) in [5.74, 6) is 2.56. The Labute approximate surface area is 172 Å². The van der Waals surface area contributed by atoms with Crippen LogP contribution in [0, 0.1) is 0 Å². The fourth-order valence-electron chi connectivity index (χ4n) is 2.92. The Balaban J connectivity index is 1.63. The van der Waals surface area contributed by atoms with Gasteiger partial charge in [-0.15, -0.1) is 10.2 Å². The van der Waals surface area contributed by atoms with E-state index in [1.54, 1.807) is 0 Å². The number of aromatic nitrogens is 3. The first-order valence-electron chi connectivity index (χ1n) is 10.0. The molecule has 3 rings (SSSR count). The van der Waals surface area contributed by atoms with E-state index in [1.807, 2.05) is 67.8 Å². The van der Waals surface area contributed by atoms with Crippen molar-refractivity contribution in [3.8, 4) is 5.75 Å². The standard InChI is InChI=1S/C22H30N6O/c1-5-23-21(24-14-13-20-27-26-19-12-8-9-15-28(19)20)25-16-17-10-6-7-11-18(17)29-22(2,3)4/h6-12,15H,5,13-14,16H2,1-4H3,(H2,23,24,25). The monoisotopic (exact) mass is 394 g/mol. The van der Waals surface area contributed by atoms with Gasteiger partial charge in [0.1, 0.15) is 17.2 Å². The molecule has 0 aliphatic carbocycles. The third-order valence-electron chi connectivity index (χ3n) is 4.17. The van der Waals surface area contributed by atoms with E-state index in [0.29, 0.717) is 13.1 Å². The highest BCUT2D eigenvalue weighted by molar-refractivity contribution is 5.79. The summed E-state index contributed by atoms with van der Waals surface area (Å²) in [6.45, 7) is 10.2. The number of hydrogen-bond acceptors (Lipinski definition) is 4. The second-order valence-corrected chi connectivity index (χ2v) is 7.74. The molecule has 0 aliphatic heterocycles. The second kappa shape index (κ2) is 9.41. The number of benzene rings is 1. The van der Waals surface area contributed by atoms with E-state index in [4.69, 9.17) is 9.73 Å². The van der Waals surface area contributed by atoms with E-state index in [1.165, 1.54) is 0 Å². The number of fused-ring (bicyclic) bond motifs is 1. The van der Waals surface area contributed by atoms with Gasteiger partial charge in [0, 0.05) is 31.3 Å². The molecule has 0 unspecified atom stereocenters. The summed E-state index contributed by atoms with van der Waals surface area (Å²) >= 11 is 0. The summed E-state index contributed by atoms with van der Waals surface area (Å²) < 4.78 is 8.07. The third-order valence-corrected chi connectivity index (χ3v) is 4.17. The molecular weight excluding hydrogens is 364 g/mol. The van der Waals surface area contributed by atoms with E-state index in [0.717, 1.165) is 41.7 Å². The molecule has 0 atom stereocenters. The van der Waals surface area contributed by atoms with Gasteiger partial charge in [0.2, 0.25) is 0 Å². The van der Waals surface area contributed by atoms with Crippen molar-refractivity contribution in [3.63, 3.8) is 0 Å². The molecule has 7 heteroatoms. The highest BCUT2D eigenvalue weighted by Gasteiger charge is 2.14. The first-order chi connectivity index (χ1) is 14.0. The van der Waals surface area contributed by atoms with Crippen LogP contribution in [0.1, 0.15) is 39.1 Å². The van der Waals surface area contributed by atoms with Gasteiger partial charge in [-0.2, -0.15) is 0 Å². The number of para-hydroxylation sites is 1. The molecule has 2 heterocycles. The average Bonchev–Trinajstić information content (AvgIpc) is 3.09. The molecule has 3 aromatic rings. The van der Waals surface area contributed by atoms with Gasteiger partial charge in [0.05, 0.1) is 6.54 Å². The molecule has 154 valence electrons. The molecule has 0 spiro atoms. The smallest absolute Gasteiger partial charge is 0.191 e. The maximum atomic E-state index is 6.07. The molecule has 0 radical (unpaired) electrons. The Morgan fingerprint density at radius 1 is 1.07 bits per heavy atom. The topological polar surface area (TPSA) is 75.8 Å². The zero-order chi connectivity index (χ0) is 20.7. The zero-order valence-corrected chi connectivity index (χ0v) is 17.6. The van der Waals surface area contributed by atoms with Gasteiger partial charge in [0.15, 0.2) is 11.6 Å². The van der Waals surface area contributed by atoms with Crippen LogP contribution in [0.5, 0.6) is 5.75 Å². The van der Waals surface area contributed by atoms with Gasteiger partial charge < -0.3 is 15.4 Å². The summed E-state index contributed by atoms with van der Waals surface area (Å²) in [6.07, 6.45) is 2.73. The fraction of sp³-hybridized carbons (Fsp3) is 0.409. The second-order valence-electron chi connectivity index (χ2n) is 7.74. The minimum atomic E-state index is -0.246. The number of guanidine groups is 1. The molecule has 0 amide bonds. The number of pyridine rings is 1. The van der Waals surface area contributed by atoms with Gasteiger partial charge in [-0.25, -0.2) is 4.99 Å². The van der Waals surface area contributed by atoms with Gasteiger partial charge in [-0.1, -0.05) is 24.3 Å². The molecule has 0 fully saturated rings. The lowest BCUT2D eigenvalue weighted by atomic mass is 10.1. The van der Waals surface area contributed by atoms with Crippen molar-refractivity contribution in [3.05, 3.63) is 60.0 Å². The van der Waals surface area contributed by atoms with Crippen molar-refractivity contribution in [1.82, 2.24) is 25.2 Å². The van der Waals surface area contributed by atoms with E-state index in [2.05, 4.69) is 33.8 Å². The Morgan fingerprint density at radius 2 is 1.86 bits per heavy atom. The van der Waals surface area contributed by atoms with Crippen molar-refractivity contribution in [2.24, 2.45) is 4.99 Å². The maximum absolute atomic E-state index is 6.07. The molecule has 1 aromatic carbocycles. The lowest BCUT2D eigenvalue weighted by Gasteiger charge is -2.23. The number of nitrogens with zero attached hydrogens (tertiary/aromatic N) is 4. The van der Waals surface area contributed by atoms with Crippen LogP contribution in [0.4, 0.5) is 0 Å². The Kier molecular flexibility index (Phi) is 6.69. The van der Waals surface area contributed by atoms with Crippen LogP contribution in [-0.2, 0) is 13.0 Å². The van der Waals surface area contributed by atoms with Crippen LogP contribution in [0.3, 0.4) is 0 Å². The van der Waals surface area contributed by atoms with Crippen molar-refractivity contribution in [1.29, 1.82) is 0 Å². The number of rotatable bonds is 7. The van der Waals surface area contributed by atoms with Crippen LogP contribution < -0.4 is 15.4 Å². The van der Waals surface area contributed by atoms with E-state index in [9.17, 15) is 0 Å². The summed E-state index contributed by atoms with van der Waals surface area (Å²) in [4.78, 5) is 4.73. The Hall–Kier alpha value is -3.09. The van der Waals surface area contributed by atoms with Gasteiger partial charge in [-0.05, 0) is 45.9 Å². The van der Waals surface area contributed by atoms with Crippen LogP contribution in [0.25, 0.3) is 5.65 Å². The van der Waals surface area contributed by atoms with E-state index in [-0.39, 0.29) is 5.60 Å². The first kappa shape index (κ1) is 20.6. The summed E-state index contributed by atoms with van der Waals surface area (Å²) in [5, 5.41) is 15.1. The largest absolute Gasteiger partial charge is 0.488 e. The summed E-state index contributed by atoms with van der Waals surface area (Å²) in [5.41, 5.74) is 1.67. The van der Waals surface area contributed by atoms with Crippen LogP contribution >= 0.6 is 0 Å². The lowest BCUT2D eigenvalue weighted by Crippen LogP contribution is -2.38. The highest BCUT2D eigenvalue weighted by Crippen LogP contribution is 2.23. The van der Waals surface area contributed by atoms with E-state index < -0.39 is 0 Å². The van der Waals surface area contributed by atoms with Crippen molar-refractivity contribution < 1.29 is 4.74 Å². The molecule has 2 aromatic heterocycles. The predicted molar refractivity (Wildman–Crippen MR) is 116 cm³/mol. The molecule has 7 nitrogen and oxygen atoms in total. The van der Waals surface area contributed by atoms with E-state index >= 15 is 0 Å². The van der Waals surface area contributed by atoms with Crippen molar-refractivity contribution in [2.45, 2.75) is 46.3 Å². The van der Waals surface area contributed by atoms with Gasteiger partial charge in [-0.3, -0.25) is 4.40 Å².